The Morgan fingerprint density at radius 2 is 2.13 bits per heavy atom. The third-order valence-corrected chi connectivity index (χ3v) is 1.20. The zero-order valence-electron chi connectivity index (χ0n) is 8.31. The molecule has 82 valence electrons. The second-order valence-corrected chi connectivity index (χ2v) is 2.46. The minimum absolute atomic E-state index is 0.178. The van der Waals surface area contributed by atoms with Gasteiger partial charge in [-0.15, -0.1) is 0 Å². The number of primary amides is 1. The number of carbonyl (C=O) groups excluding carboxylic acids is 2. The van der Waals surface area contributed by atoms with E-state index < -0.39 is 12.0 Å². The summed E-state index contributed by atoms with van der Waals surface area (Å²) < 4.78 is 4.64. The summed E-state index contributed by atoms with van der Waals surface area (Å²) in [6.07, 6.45) is 6.91. The fraction of sp³-hybridized carbons (Fsp3) is 0.200. The number of amides is 2. The van der Waals surface area contributed by atoms with E-state index in [2.05, 4.69) is 16.6 Å². The van der Waals surface area contributed by atoms with Gasteiger partial charge in [0.1, 0.15) is 6.61 Å². The van der Waals surface area contributed by atoms with Crippen LogP contribution in [0.3, 0.4) is 0 Å². The standard InChI is InChI=1S/C10H14N2O3/c1-2-8-15-10(14)12-7-5-3-4-6-9(11)13/h2-6H,1,7-8H2,(H2,11,13)(H,12,14)/b5-3+,6-4+. The van der Waals surface area contributed by atoms with E-state index >= 15 is 0 Å². The van der Waals surface area contributed by atoms with Gasteiger partial charge in [0.2, 0.25) is 5.91 Å². The molecule has 0 aliphatic heterocycles. The Balaban J connectivity index is 3.56. The van der Waals surface area contributed by atoms with Gasteiger partial charge in [0.15, 0.2) is 0 Å². The predicted molar refractivity (Wildman–Crippen MR) is 57.0 cm³/mol. The second-order valence-electron chi connectivity index (χ2n) is 2.46. The maximum atomic E-state index is 10.8. The molecule has 0 aromatic heterocycles. The van der Waals surface area contributed by atoms with Gasteiger partial charge in [-0.1, -0.05) is 30.9 Å². The molecule has 5 heteroatoms. The topological polar surface area (TPSA) is 81.4 Å². The molecule has 0 saturated carbocycles. The molecule has 0 rings (SSSR count). The van der Waals surface area contributed by atoms with Crippen LogP contribution >= 0.6 is 0 Å². The fourth-order valence-corrected chi connectivity index (χ4v) is 0.625. The van der Waals surface area contributed by atoms with Gasteiger partial charge in [-0.2, -0.15) is 0 Å². The number of carbonyl (C=O) groups is 2. The SMILES string of the molecule is C=CCOC(=O)NC/C=C/C=C/C(N)=O. The van der Waals surface area contributed by atoms with E-state index in [0.717, 1.165) is 0 Å². The van der Waals surface area contributed by atoms with Crippen molar-refractivity contribution in [2.75, 3.05) is 13.2 Å². The lowest BCUT2D eigenvalue weighted by molar-refractivity contribution is -0.113. The molecule has 0 unspecified atom stereocenters. The van der Waals surface area contributed by atoms with E-state index in [1.807, 2.05) is 0 Å². The average Bonchev–Trinajstić information content (AvgIpc) is 2.19. The summed E-state index contributed by atoms with van der Waals surface area (Å²) in [4.78, 5) is 21.1. The van der Waals surface area contributed by atoms with Crippen molar-refractivity contribution in [1.29, 1.82) is 0 Å². The van der Waals surface area contributed by atoms with Crippen LogP contribution < -0.4 is 11.1 Å². The first-order valence-corrected chi connectivity index (χ1v) is 4.31. The summed E-state index contributed by atoms with van der Waals surface area (Å²) in [6.45, 7) is 3.89. The molecule has 0 bridgehead atoms. The Morgan fingerprint density at radius 3 is 2.73 bits per heavy atom. The van der Waals surface area contributed by atoms with Crippen molar-refractivity contribution in [3.8, 4) is 0 Å². The van der Waals surface area contributed by atoms with Gasteiger partial charge in [-0.3, -0.25) is 4.79 Å². The van der Waals surface area contributed by atoms with Gasteiger partial charge in [0, 0.05) is 12.6 Å². The summed E-state index contributed by atoms with van der Waals surface area (Å²) in [7, 11) is 0. The van der Waals surface area contributed by atoms with Crippen molar-refractivity contribution in [2.45, 2.75) is 0 Å². The summed E-state index contributed by atoms with van der Waals surface area (Å²) >= 11 is 0. The summed E-state index contributed by atoms with van der Waals surface area (Å²) in [5.41, 5.74) is 4.85. The number of hydrogen-bond donors (Lipinski definition) is 2. The van der Waals surface area contributed by atoms with E-state index in [-0.39, 0.29) is 6.61 Å². The molecule has 3 N–H and O–H groups in total. The molecule has 0 aromatic rings. The van der Waals surface area contributed by atoms with E-state index in [1.54, 1.807) is 12.2 Å². The molecule has 0 radical (unpaired) electrons. The average molecular weight is 210 g/mol. The van der Waals surface area contributed by atoms with Crippen LogP contribution in [0.1, 0.15) is 0 Å². The Hall–Kier alpha value is -2.04. The third kappa shape index (κ3) is 9.88. The lowest BCUT2D eigenvalue weighted by Crippen LogP contribution is -2.24. The van der Waals surface area contributed by atoms with Crippen LogP contribution in [0.2, 0.25) is 0 Å². The third-order valence-electron chi connectivity index (χ3n) is 1.20. The highest BCUT2D eigenvalue weighted by Gasteiger charge is 1.95. The zero-order valence-corrected chi connectivity index (χ0v) is 8.31. The number of nitrogens with one attached hydrogen (secondary N) is 1. The number of rotatable bonds is 6. The second kappa shape index (κ2) is 8.55. The minimum atomic E-state index is -0.516. The maximum Gasteiger partial charge on any atom is 0.407 e. The van der Waals surface area contributed by atoms with Crippen LogP contribution in [-0.4, -0.2) is 25.2 Å². The highest BCUT2D eigenvalue weighted by atomic mass is 16.5. The lowest BCUT2D eigenvalue weighted by atomic mass is 10.4. The van der Waals surface area contributed by atoms with Gasteiger partial charge in [0.25, 0.3) is 0 Å². The van der Waals surface area contributed by atoms with Gasteiger partial charge in [-0.05, 0) is 0 Å². The predicted octanol–water partition coefficient (Wildman–Crippen LogP) is 0.496. The van der Waals surface area contributed by atoms with Crippen molar-refractivity contribution in [3.63, 3.8) is 0 Å². The largest absolute Gasteiger partial charge is 0.445 e. The van der Waals surface area contributed by atoms with Crippen LogP contribution in [0.15, 0.2) is 37.0 Å². The monoisotopic (exact) mass is 210 g/mol. The molecule has 0 aliphatic carbocycles. The first-order chi connectivity index (χ1) is 7.16. The molecule has 0 atom stereocenters. The van der Waals surface area contributed by atoms with Crippen LogP contribution in [0.4, 0.5) is 4.79 Å². The zero-order chi connectivity index (χ0) is 11.5. The molecule has 5 nitrogen and oxygen atoms in total. The van der Waals surface area contributed by atoms with Crippen molar-refractivity contribution < 1.29 is 14.3 Å². The highest BCUT2D eigenvalue weighted by Crippen LogP contribution is 1.79. The summed E-state index contributed by atoms with van der Waals surface area (Å²) in [5.74, 6) is -0.516. The molecule has 0 aliphatic rings. The Morgan fingerprint density at radius 1 is 1.40 bits per heavy atom. The van der Waals surface area contributed by atoms with Crippen molar-refractivity contribution in [3.05, 3.63) is 37.0 Å². The van der Waals surface area contributed by atoms with Crippen LogP contribution in [0.25, 0.3) is 0 Å². The first-order valence-electron chi connectivity index (χ1n) is 4.31. The molecule has 2 amide bonds. The van der Waals surface area contributed by atoms with Crippen LogP contribution in [0, 0.1) is 0 Å². The minimum Gasteiger partial charge on any atom is -0.445 e. The van der Waals surface area contributed by atoms with Gasteiger partial charge in [0.05, 0.1) is 0 Å². The quantitative estimate of drug-likeness (QED) is 0.380. The van der Waals surface area contributed by atoms with E-state index in [1.165, 1.54) is 18.2 Å². The molecule has 15 heavy (non-hydrogen) atoms. The Bertz CT molecular complexity index is 282. The number of nitrogens with two attached hydrogens (primary N) is 1. The first kappa shape index (κ1) is 13.0. The van der Waals surface area contributed by atoms with Crippen LogP contribution in [-0.2, 0) is 9.53 Å². The van der Waals surface area contributed by atoms with Gasteiger partial charge in [-0.25, -0.2) is 4.79 Å². The number of alkyl carbamates (subject to hydrolysis) is 1. The lowest BCUT2D eigenvalue weighted by Gasteiger charge is -2.00. The number of hydrogen-bond acceptors (Lipinski definition) is 3. The van der Waals surface area contributed by atoms with Crippen molar-refractivity contribution >= 4 is 12.0 Å². The van der Waals surface area contributed by atoms with Crippen LogP contribution in [0.5, 0.6) is 0 Å². The molecule has 0 spiro atoms. The molecule has 0 saturated heterocycles. The normalized spacial score (nSPS) is 10.4. The molecular weight excluding hydrogens is 196 g/mol. The maximum absolute atomic E-state index is 10.8. The molecule has 0 fully saturated rings. The Labute approximate surface area is 88.3 Å². The number of ether oxygens (including phenoxy) is 1. The van der Waals surface area contributed by atoms with E-state index in [4.69, 9.17) is 5.73 Å². The fourth-order valence-electron chi connectivity index (χ4n) is 0.625. The van der Waals surface area contributed by atoms with Crippen molar-refractivity contribution in [1.82, 2.24) is 5.32 Å². The van der Waals surface area contributed by atoms with Crippen molar-refractivity contribution in [2.24, 2.45) is 5.73 Å². The smallest absolute Gasteiger partial charge is 0.407 e. The van der Waals surface area contributed by atoms with Gasteiger partial charge < -0.3 is 15.8 Å². The molecular formula is C10H14N2O3. The molecule has 0 heterocycles. The highest BCUT2D eigenvalue weighted by molar-refractivity contribution is 5.85. The van der Waals surface area contributed by atoms with E-state index in [0.29, 0.717) is 6.54 Å². The summed E-state index contributed by atoms with van der Waals surface area (Å²) in [5, 5.41) is 2.46. The Kier molecular flexibility index (Phi) is 7.39. The molecule has 0 aromatic carbocycles. The van der Waals surface area contributed by atoms with E-state index in [9.17, 15) is 9.59 Å². The summed E-state index contributed by atoms with van der Waals surface area (Å²) in [6, 6.07) is 0. The number of allylic oxidation sites excluding steroid dienone is 2. The van der Waals surface area contributed by atoms with Gasteiger partial charge >= 0.3 is 6.09 Å².